The van der Waals surface area contributed by atoms with Gasteiger partial charge in [0.1, 0.15) is 0 Å². The molecule has 4 heteroatoms. The lowest BCUT2D eigenvalue weighted by Crippen LogP contribution is -2.43. The summed E-state index contributed by atoms with van der Waals surface area (Å²) in [6, 6.07) is 21.6. The van der Waals surface area contributed by atoms with Crippen molar-refractivity contribution in [2.24, 2.45) is 5.41 Å². The highest BCUT2D eigenvalue weighted by Gasteiger charge is 2.44. The predicted octanol–water partition coefficient (Wildman–Crippen LogP) is 6.66. The summed E-state index contributed by atoms with van der Waals surface area (Å²) in [5, 5.41) is 2.69. The number of allylic oxidation sites excluding steroid dienone is 2. The third kappa shape index (κ3) is 3.37. The summed E-state index contributed by atoms with van der Waals surface area (Å²) in [7, 11) is 0. The molecule has 1 aliphatic heterocycles. The first-order valence-corrected chi connectivity index (χ1v) is 11.0. The highest BCUT2D eigenvalue weighted by Crippen LogP contribution is 2.49. The Labute approximate surface area is 187 Å². The molecule has 3 aromatic carbocycles. The first-order valence-electron chi connectivity index (χ1n) is 10.7. The number of nitrogens with zero attached hydrogens (tertiary/aromatic N) is 1. The van der Waals surface area contributed by atoms with Gasteiger partial charge < -0.3 is 0 Å². The Morgan fingerprint density at radius 1 is 0.903 bits per heavy atom. The predicted molar refractivity (Wildman–Crippen MR) is 125 cm³/mol. The van der Waals surface area contributed by atoms with Crippen molar-refractivity contribution in [2.75, 3.05) is 4.90 Å². The molecular weight excluding hydrogens is 406 g/mol. The van der Waals surface area contributed by atoms with E-state index in [1.807, 2.05) is 71.6 Å². The Balaban J connectivity index is 1.76. The summed E-state index contributed by atoms with van der Waals surface area (Å²) >= 11 is 6.51. The molecule has 0 aromatic heterocycles. The molecule has 1 aliphatic carbocycles. The molecule has 1 unspecified atom stereocenters. The van der Waals surface area contributed by atoms with Crippen LogP contribution in [0.15, 0.2) is 78.0 Å². The largest absolute Gasteiger partial charge is 0.294 e. The number of anilines is 1. The number of halogens is 1. The van der Waals surface area contributed by atoms with Crippen LogP contribution in [0.2, 0.25) is 5.02 Å². The SMILES string of the molecule is CC1(C)CC(=O)C2=C(C1)N(c1cccc3ccccc13)C(=O)CC2c1ccccc1Cl. The molecule has 0 N–H and O–H groups in total. The molecule has 1 heterocycles. The molecular formula is C27H24ClNO2. The minimum absolute atomic E-state index is 0.00511. The third-order valence-electron chi connectivity index (χ3n) is 6.43. The van der Waals surface area contributed by atoms with Crippen LogP contribution in [0.5, 0.6) is 0 Å². The number of carbonyl (C=O) groups is 2. The Bertz CT molecular complexity index is 1250. The van der Waals surface area contributed by atoms with Crippen molar-refractivity contribution in [2.45, 2.75) is 39.0 Å². The van der Waals surface area contributed by atoms with Gasteiger partial charge in [-0.05, 0) is 34.9 Å². The van der Waals surface area contributed by atoms with Crippen molar-refractivity contribution in [1.82, 2.24) is 0 Å². The van der Waals surface area contributed by atoms with E-state index < -0.39 is 0 Å². The van der Waals surface area contributed by atoms with Crippen LogP contribution in [0.3, 0.4) is 0 Å². The second kappa shape index (κ2) is 7.35. The number of rotatable bonds is 2. The molecule has 1 amide bonds. The highest BCUT2D eigenvalue weighted by atomic mass is 35.5. The van der Waals surface area contributed by atoms with Gasteiger partial charge in [-0.1, -0.05) is 80.0 Å². The first-order chi connectivity index (χ1) is 14.9. The van der Waals surface area contributed by atoms with Crippen molar-refractivity contribution < 1.29 is 9.59 Å². The molecule has 2 aliphatic rings. The number of Topliss-reactive ketones (excluding diaryl/α,β-unsaturated/α-hetero) is 1. The van der Waals surface area contributed by atoms with Gasteiger partial charge in [-0.25, -0.2) is 0 Å². The first kappa shape index (κ1) is 20.0. The van der Waals surface area contributed by atoms with Gasteiger partial charge in [0.05, 0.1) is 5.69 Å². The molecule has 0 bridgehead atoms. The van der Waals surface area contributed by atoms with Gasteiger partial charge in [-0.2, -0.15) is 0 Å². The van der Waals surface area contributed by atoms with E-state index >= 15 is 0 Å². The molecule has 156 valence electrons. The molecule has 5 rings (SSSR count). The number of hydrogen-bond acceptors (Lipinski definition) is 2. The number of fused-ring (bicyclic) bond motifs is 1. The van der Waals surface area contributed by atoms with Gasteiger partial charge in [0.15, 0.2) is 5.78 Å². The number of amides is 1. The van der Waals surface area contributed by atoms with E-state index in [1.54, 1.807) is 0 Å². The van der Waals surface area contributed by atoms with Gasteiger partial charge in [0, 0.05) is 40.4 Å². The van der Waals surface area contributed by atoms with E-state index in [0.717, 1.165) is 33.3 Å². The van der Waals surface area contributed by atoms with Crippen molar-refractivity contribution in [3.05, 3.63) is 88.6 Å². The quantitative estimate of drug-likeness (QED) is 0.457. The van der Waals surface area contributed by atoms with Crippen molar-refractivity contribution in [3.8, 4) is 0 Å². The topological polar surface area (TPSA) is 37.4 Å². The zero-order chi connectivity index (χ0) is 21.8. The van der Waals surface area contributed by atoms with Crippen molar-refractivity contribution in [1.29, 1.82) is 0 Å². The van der Waals surface area contributed by atoms with Crippen LogP contribution < -0.4 is 4.90 Å². The summed E-state index contributed by atoms with van der Waals surface area (Å²) in [5.41, 5.74) is 3.08. The average Bonchev–Trinajstić information content (AvgIpc) is 2.72. The maximum Gasteiger partial charge on any atom is 0.232 e. The molecule has 0 spiro atoms. The Hall–Kier alpha value is -2.91. The minimum Gasteiger partial charge on any atom is -0.294 e. The summed E-state index contributed by atoms with van der Waals surface area (Å²) in [4.78, 5) is 28.9. The lowest BCUT2D eigenvalue weighted by atomic mass is 9.69. The van der Waals surface area contributed by atoms with Crippen molar-refractivity contribution in [3.63, 3.8) is 0 Å². The summed E-state index contributed by atoms with van der Waals surface area (Å²) in [5.74, 6) is -0.176. The Morgan fingerprint density at radius 2 is 1.61 bits per heavy atom. The standard InChI is InChI=1S/C27H24ClNO2/c1-27(2)15-23-26(24(30)16-27)20(19-11-5-6-12-21(19)28)14-25(31)29(23)22-13-7-9-17-8-3-4-10-18(17)22/h3-13,20H,14-16H2,1-2H3. The van der Waals surface area contributed by atoms with Gasteiger partial charge in [0.2, 0.25) is 5.91 Å². The normalized spacial score (nSPS) is 20.9. The Morgan fingerprint density at radius 3 is 2.42 bits per heavy atom. The maximum atomic E-state index is 13.6. The summed E-state index contributed by atoms with van der Waals surface area (Å²) in [6.45, 7) is 4.19. The Kier molecular flexibility index (Phi) is 4.75. The molecule has 3 nitrogen and oxygen atoms in total. The second-order valence-corrected chi connectivity index (χ2v) is 9.71. The lowest BCUT2D eigenvalue weighted by Gasteiger charge is -2.43. The van der Waals surface area contributed by atoms with Crippen molar-refractivity contribution >= 4 is 39.8 Å². The van der Waals surface area contributed by atoms with Crippen LogP contribution in [-0.4, -0.2) is 11.7 Å². The third-order valence-corrected chi connectivity index (χ3v) is 6.78. The van der Waals surface area contributed by atoms with Gasteiger partial charge in [-0.15, -0.1) is 0 Å². The fourth-order valence-electron chi connectivity index (χ4n) is 5.12. The van der Waals surface area contributed by atoms with Crippen LogP contribution in [0.25, 0.3) is 10.8 Å². The van der Waals surface area contributed by atoms with Gasteiger partial charge in [-0.3, -0.25) is 14.5 Å². The van der Waals surface area contributed by atoms with Crippen LogP contribution in [0.1, 0.15) is 44.6 Å². The summed E-state index contributed by atoms with van der Waals surface area (Å²) in [6.07, 6.45) is 1.38. The smallest absolute Gasteiger partial charge is 0.232 e. The molecule has 0 radical (unpaired) electrons. The molecule has 0 saturated heterocycles. The molecule has 3 aromatic rings. The van der Waals surface area contributed by atoms with Crippen LogP contribution in [0.4, 0.5) is 5.69 Å². The summed E-state index contributed by atoms with van der Waals surface area (Å²) < 4.78 is 0. The number of hydrogen-bond donors (Lipinski definition) is 0. The van der Waals surface area contributed by atoms with Crippen LogP contribution >= 0.6 is 11.6 Å². The lowest BCUT2D eigenvalue weighted by molar-refractivity contribution is -0.120. The zero-order valence-corrected chi connectivity index (χ0v) is 18.4. The fraction of sp³-hybridized carbons (Fsp3) is 0.259. The number of benzene rings is 3. The van der Waals surface area contributed by atoms with E-state index in [1.165, 1.54) is 0 Å². The van der Waals surface area contributed by atoms with E-state index in [-0.39, 0.29) is 29.4 Å². The van der Waals surface area contributed by atoms with Gasteiger partial charge >= 0.3 is 0 Å². The highest BCUT2D eigenvalue weighted by molar-refractivity contribution is 6.31. The number of ketones is 1. The van der Waals surface area contributed by atoms with Crippen LogP contribution in [0, 0.1) is 5.41 Å². The molecule has 1 atom stereocenters. The van der Waals surface area contributed by atoms with Gasteiger partial charge in [0.25, 0.3) is 0 Å². The minimum atomic E-state index is -0.300. The monoisotopic (exact) mass is 429 g/mol. The van der Waals surface area contributed by atoms with E-state index in [0.29, 0.717) is 17.9 Å². The van der Waals surface area contributed by atoms with Crippen LogP contribution in [-0.2, 0) is 9.59 Å². The fourth-order valence-corrected chi connectivity index (χ4v) is 5.39. The maximum absolute atomic E-state index is 13.6. The second-order valence-electron chi connectivity index (χ2n) is 9.31. The van der Waals surface area contributed by atoms with E-state index in [4.69, 9.17) is 11.6 Å². The molecule has 0 saturated carbocycles. The molecule has 31 heavy (non-hydrogen) atoms. The van der Waals surface area contributed by atoms with E-state index in [9.17, 15) is 9.59 Å². The molecule has 0 fully saturated rings. The van der Waals surface area contributed by atoms with E-state index in [2.05, 4.69) is 13.8 Å². The average molecular weight is 430 g/mol. The number of carbonyl (C=O) groups excluding carboxylic acids is 2. The zero-order valence-electron chi connectivity index (χ0n) is 17.7.